The van der Waals surface area contributed by atoms with Crippen molar-refractivity contribution in [2.24, 2.45) is 0 Å². The fraction of sp³-hybridized carbons (Fsp3) is 0.312. The van der Waals surface area contributed by atoms with Gasteiger partial charge in [-0.05, 0) is 25.5 Å². The van der Waals surface area contributed by atoms with E-state index in [9.17, 15) is 13.2 Å². The minimum absolute atomic E-state index is 0.117. The van der Waals surface area contributed by atoms with Gasteiger partial charge in [-0.15, -0.1) is 0 Å². The van der Waals surface area contributed by atoms with E-state index < -0.39 is 12.1 Å². The minimum Gasteiger partial charge on any atom is -0.490 e. The number of halogens is 5. The van der Waals surface area contributed by atoms with Gasteiger partial charge in [-0.1, -0.05) is 33.5 Å². The molecular formula is C16H12Cl2F3N3O3. The molecule has 2 aromatic heterocycles. The number of hydrogen-bond donors (Lipinski definition) is 0. The van der Waals surface area contributed by atoms with Crippen LogP contribution in [0.15, 0.2) is 27.2 Å². The average molecular weight is 422 g/mol. The van der Waals surface area contributed by atoms with Crippen LogP contribution in [0.2, 0.25) is 10.0 Å². The first-order chi connectivity index (χ1) is 12.7. The molecule has 0 aliphatic carbocycles. The van der Waals surface area contributed by atoms with Crippen LogP contribution in [0.25, 0.3) is 11.4 Å². The van der Waals surface area contributed by atoms with E-state index in [1.54, 1.807) is 0 Å². The van der Waals surface area contributed by atoms with Crippen molar-refractivity contribution in [3.8, 4) is 17.1 Å². The number of aryl methyl sites for hydroxylation is 2. The van der Waals surface area contributed by atoms with Crippen molar-refractivity contribution in [3.05, 3.63) is 45.6 Å². The van der Waals surface area contributed by atoms with Crippen LogP contribution in [0.3, 0.4) is 0 Å². The monoisotopic (exact) mass is 421 g/mol. The van der Waals surface area contributed by atoms with Gasteiger partial charge in [0, 0.05) is 18.1 Å². The molecule has 0 bridgehead atoms. The predicted octanol–water partition coefficient (Wildman–Crippen LogP) is 5.37. The fourth-order valence-electron chi connectivity index (χ4n) is 2.24. The highest BCUT2D eigenvalue weighted by atomic mass is 35.5. The molecular weight excluding hydrogens is 410 g/mol. The van der Waals surface area contributed by atoms with Crippen molar-refractivity contribution >= 4 is 23.2 Å². The van der Waals surface area contributed by atoms with Crippen LogP contribution in [-0.4, -0.2) is 21.9 Å². The van der Waals surface area contributed by atoms with Crippen LogP contribution >= 0.6 is 23.2 Å². The van der Waals surface area contributed by atoms with Crippen molar-refractivity contribution in [1.82, 2.24) is 15.3 Å². The predicted molar refractivity (Wildman–Crippen MR) is 89.8 cm³/mol. The molecule has 0 spiro atoms. The van der Waals surface area contributed by atoms with Gasteiger partial charge < -0.3 is 13.8 Å². The minimum atomic E-state index is -4.73. The molecule has 0 aliphatic rings. The van der Waals surface area contributed by atoms with Gasteiger partial charge in [-0.2, -0.15) is 18.2 Å². The standard InChI is InChI=1S/C16H12Cl2F3N3O3/c1-8-5-10(26-23-8)3-2-4-25-13-11(17)6-9(7-12(13)18)14-22-15(27-24-14)16(19,20)21/h5-7H,2-4H2,1H3. The normalized spacial score (nSPS) is 11.8. The Bertz CT molecular complexity index is 917. The zero-order valence-electron chi connectivity index (χ0n) is 13.8. The summed E-state index contributed by atoms with van der Waals surface area (Å²) in [5.74, 6) is -0.775. The number of alkyl halides is 3. The molecule has 0 unspecified atom stereocenters. The zero-order valence-corrected chi connectivity index (χ0v) is 15.3. The van der Waals surface area contributed by atoms with E-state index in [-0.39, 0.29) is 27.2 Å². The number of aromatic nitrogens is 3. The van der Waals surface area contributed by atoms with E-state index in [1.807, 2.05) is 13.0 Å². The lowest BCUT2D eigenvalue weighted by molar-refractivity contribution is -0.159. The van der Waals surface area contributed by atoms with Crippen molar-refractivity contribution < 1.29 is 27.0 Å². The summed E-state index contributed by atoms with van der Waals surface area (Å²) in [4.78, 5) is 3.30. The van der Waals surface area contributed by atoms with Crippen LogP contribution in [0, 0.1) is 6.92 Å². The Labute approximate surface area is 161 Å². The second-order valence-corrected chi connectivity index (χ2v) is 6.39. The van der Waals surface area contributed by atoms with E-state index in [2.05, 4.69) is 19.8 Å². The molecule has 3 rings (SSSR count). The summed E-state index contributed by atoms with van der Waals surface area (Å²) in [5, 5.41) is 7.32. The summed E-state index contributed by atoms with van der Waals surface area (Å²) in [6.45, 7) is 2.13. The number of rotatable bonds is 6. The maximum atomic E-state index is 12.6. The van der Waals surface area contributed by atoms with E-state index in [0.29, 0.717) is 19.4 Å². The van der Waals surface area contributed by atoms with Gasteiger partial charge in [0.1, 0.15) is 5.76 Å². The highest BCUT2D eigenvalue weighted by molar-refractivity contribution is 6.37. The summed E-state index contributed by atoms with van der Waals surface area (Å²) in [7, 11) is 0. The Kier molecular flexibility index (Phi) is 5.61. The smallest absolute Gasteiger partial charge is 0.471 e. The lowest BCUT2D eigenvalue weighted by Gasteiger charge is -2.10. The largest absolute Gasteiger partial charge is 0.490 e. The Balaban J connectivity index is 1.66. The van der Waals surface area contributed by atoms with E-state index >= 15 is 0 Å². The maximum absolute atomic E-state index is 12.6. The highest BCUT2D eigenvalue weighted by Gasteiger charge is 2.38. The second kappa shape index (κ2) is 7.77. The first-order valence-corrected chi connectivity index (χ1v) is 8.45. The van der Waals surface area contributed by atoms with Gasteiger partial charge >= 0.3 is 12.1 Å². The third kappa shape index (κ3) is 4.72. The van der Waals surface area contributed by atoms with Crippen LogP contribution in [0.5, 0.6) is 5.75 Å². The lowest BCUT2D eigenvalue weighted by atomic mass is 10.2. The molecule has 0 radical (unpaired) electrons. The van der Waals surface area contributed by atoms with E-state index in [0.717, 1.165) is 11.5 Å². The lowest BCUT2D eigenvalue weighted by Crippen LogP contribution is -2.04. The van der Waals surface area contributed by atoms with Crippen LogP contribution in [0.1, 0.15) is 23.8 Å². The van der Waals surface area contributed by atoms with Crippen LogP contribution in [0.4, 0.5) is 13.2 Å². The number of ether oxygens (including phenoxy) is 1. The summed E-state index contributed by atoms with van der Waals surface area (Å²) in [6.07, 6.45) is -3.48. The van der Waals surface area contributed by atoms with Crippen molar-refractivity contribution in [1.29, 1.82) is 0 Å². The van der Waals surface area contributed by atoms with Gasteiger partial charge in [-0.25, -0.2) is 0 Å². The molecule has 144 valence electrons. The third-order valence-electron chi connectivity index (χ3n) is 3.42. The highest BCUT2D eigenvalue weighted by Crippen LogP contribution is 2.38. The Morgan fingerprint density at radius 2 is 1.78 bits per heavy atom. The summed E-state index contributed by atoms with van der Waals surface area (Å²) < 4.78 is 52.5. The molecule has 0 fully saturated rings. The van der Waals surface area contributed by atoms with Gasteiger partial charge in [-0.3, -0.25) is 0 Å². The van der Waals surface area contributed by atoms with Gasteiger partial charge in [0.05, 0.1) is 22.3 Å². The molecule has 0 saturated carbocycles. The quantitative estimate of drug-likeness (QED) is 0.498. The molecule has 6 nitrogen and oxygen atoms in total. The molecule has 0 atom stereocenters. The molecule has 0 aliphatic heterocycles. The average Bonchev–Trinajstić information content (AvgIpc) is 3.22. The molecule has 0 amide bonds. The maximum Gasteiger partial charge on any atom is 0.471 e. The van der Waals surface area contributed by atoms with Gasteiger partial charge in [0.15, 0.2) is 5.75 Å². The first kappa shape index (κ1) is 19.5. The van der Waals surface area contributed by atoms with Crippen LogP contribution in [-0.2, 0) is 12.6 Å². The Hall–Kier alpha value is -2.26. The molecule has 11 heteroatoms. The number of benzene rings is 1. The topological polar surface area (TPSA) is 74.2 Å². The van der Waals surface area contributed by atoms with Crippen LogP contribution < -0.4 is 4.74 Å². The van der Waals surface area contributed by atoms with Gasteiger partial charge in [0.2, 0.25) is 5.82 Å². The molecule has 0 saturated heterocycles. The van der Waals surface area contributed by atoms with E-state index in [4.69, 9.17) is 32.5 Å². The number of hydrogen-bond acceptors (Lipinski definition) is 6. The van der Waals surface area contributed by atoms with Crippen molar-refractivity contribution in [3.63, 3.8) is 0 Å². The first-order valence-electron chi connectivity index (χ1n) is 7.69. The molecule has 3 aromatic rings. The van der Waals surface area contributed by atoms with E-state index in [1.165, 1.54) is 12.1 Å². The zero-order chi connectivity index (χ0) is 19.6. The molecule has 1 aromatic carbocycles. The summed E-state index contributed by atoms with van der Waals surface area (Å²) >= 11 is 12.3. The Morgan fingerprint density at radius 3 is 2.33 bits per heavy atom. The second-order valence-electron chi connectivity index (χ2n) is 5.58. The third-order valence-corrected chi connectivity index (χ3v) is 3.98. The number of nitrogens with zero attached hydrogens (tertiary/aromatic N) is 3. The van der Waals surface area contributed by atoms with Crippen molar-refractivity contribution in [2.45, 2.75) is 25.9 Å². The summed E-state index contributed by atoms with van der Waals surface area (Å²) in [6, 6.07) is 4.54. The summed E-state index contributed by atoms with van der Waals surface area (Å²) in [5.41, 5.74) is 0.969. The molecule has 27 heavy (non-hydrogen) atoms. The molecule has 0 N–H and O–H groups in total. The SMILES string of the molecule is Cc1cc(CCCOc2c(Cl)cc(-c3noc(C(F)(F)F)n3)cc2Cl)on1. The fourth-order valence-corrected chi connectivity index (χ4v) is 2.83. The van der Waals surface area contributed by atoms with Crippen molar-refractivity contribution in [2.75, 3.05) is 6.61 Å². The van der Waals surface area contributed by atoms with Gasteiger partial charge in [0.25, 0.3) is 0 Å². The molecule has 2 heterocycles. The Morgan fingerprint density at radius 1 is 1.07 bits per heavy atom.